The SMILES string of the molecule is CCOc1cc(C2C(C#N)=C(N)Oc3cc(C)oc(=O)c32)ccc1OC. The predicted molar refractivity (Wildman–Crippen MR) is 93.2 cm³/mol. The second-order valence-electron chi connectivity index (χ2n) is 5.69. The van der Waals surface area contributed by atoms with Gasteiger partial charge >= 0.3 is 5.63 Å². The molecule has 0 spiro atoms. The van der Waals surface area contributed by atoms with Crippen LogP contribution in [0.2, 0.25) is 0 Å². The van der Waals surface area contributed by atoms with Gasteiger partial charge in [0.1, 0.15) is 23.2 Å². The van der Waals surface area contributed by atoms with Gasteiger partial charge in [-0.25, -0.2) is 4.79 Å². The molecule has 1 unspecified atom stereocenters. The van der Waals surface area contributed by atoms with Crippen molar-refractivity contribution in [2.45, 2.75) is 19.8 Å². The second kappa shape index (κ2) is 6.84. The molecule has 0 bridgehead atoms. The molecule has 1 atom stereocenters. The smallest absolute Gasteiger partial charge is 0.343 e. The summed E-state index contributed by atoms with van der Waals surface area (Å²) in [5.74, 6) is 0.983. The lowest BCUT2D eigenvalue weighted by Crippen LogP contribution is -2.26. The fourth-order valence-corrected chi connectivity index (χ4v) is 2.99. The maximum atomic E-state index is 12.5. The van der Waals surface area contributed by atoms with Crippen LogP contribution in [0, 0.1) is 18.3 Å². The Morgan fingerprint density at radius 2 is 2.08 bits per heavy atom. The van der Waals surface area contributed by atoms with E-state index in [4.69, 9.17) is 24.4 Å². The fourth-order valence-electron chi connectivity index (χ4n) is 2.99. The normalized spacial score (nSPS) is 15.7. The molecular formula is C19H18N2O5. The van der Waals surface area contributed by atoms with Crippen LogP contribution in [0.3, 0.4) is 0 Å². The summed E-state index contributed by atoms with van der Waals surface area (Å²) in [5.41, 5.74) is 6.38. The third kappa shape index (κ3) is 2.86. The summed E-state index contributed by atoms with van der Waals surface area (Å²) in [4.78, 5) is 12.5. The lowest BCUT2D eigenvalue weighted by atomic mass is 9.84. The topological polar surface area (TPSA) is 108 Å². The first-order valence-electron chi connectivity index (χ1n) is 8.03. The van der Waals surface area contributed by atoms with Crippen LogP contribution in [-0.2, 0) is 0 Å². The van der Waals surface area contributed by atoms with Crippen LogP contribution in [-0.4, -0.2) is 13.7 Å². The van der Waals surface area contributed by atoms with Crippen molar-refractivity contribution in [2.24, 2.45) is 5.73 Å². The summed E-state index contributed by atoms with van der Waals surface area (Å²) in [7, 11) is 1.54. The van der Waals surface area contributed by atoms with Crippen LogP contribution < -0.4 is 25.6 Å². The van der Waals surface area contributed by atoms with E-state index in [0.717, 1.165) is 0 Å². The summed E-state index contributed by atoms with van der Waals surface area (Å²) in [5, 5.41) is 9.58. The second-order valence-corrected chi connectivity index (χ2v) is 5.69. The van der Waals surface area contributed by atoms with Gasteiger partial charge in [0, 0.05) is 6.07 Å². The number of methoxy groups -OCH3 is 1. The van der Waals surface area contributed by atoms with E-state index in [-0.39, 0.29) is 22.8 Å². The average Bonchev–Trinajstić information content (AvgIpc) is 2.60. The van der Waals surface area contributed by atoms with E-state index >= 15 is 0 Å². The first kappa shape index (κ1) is 17.4. The minimum Gasteiger partial charge on any atom is -0.493 e. The van der Waals surface area contributed by atoms with Crippen molar-refractivity contribution in [1.29, 1.82) is 5.26 Å². The fraction of sp³-hybridized carbons (Fsp3) is 0.263. The molecule has 134 valence electrons. The highest BCUT2D eigenvalue weighted by Crippen LogP contribution is 2.42. The van der Waals surface area contributed by atoms with Gasteiger partial charge in [0.05, 0.1) is 25.2 Å². The third-order valence-corrected chi connectivity index (χ3v) is 4.08. The largest absolute Gasteiger partial charge is 0.493 e. The lowest BCUT2D eigenvalue weighted by molar-refractivity contribution is 0.310. The monoisotopic (exact) mass is 354 g/mol. The molecule has 0 saturated heterocycles. The van der Waals surface area contributed by atoms with Crippen LogP contribution in [0.15, 0.2) is 44.9 Å². The Balaban J connectivity index is 2.25. The maximum absolute atomic E-state index is 12.5. The van der Waals surface area contributed by atoms with Crippen molar-refractivity contribution in [1.82, 2.24) is 0 Å². The molecule has 3 rings (SSSR count). The number of aryl methyl sites for hydroxylation is 1. The molecule has 26 heavy (non-hydrogen) atoms. The molecule has 0 aliphatic carbocycles. The number of hydrogen-bond acceptors (Lipinski definition) is 7. The summed E-state index contributed by atoms with van der Waals surface area (Å²) in [6.07, 6.45) is 0. The van der Waals surface area contributed by atoms with Crippen molar-refractivity contribution in [3.63, 3.8) is 0 Å². The molecule has 0 saturated carbocycles. The van der Waals surface area contributed by atoms with Crippen molar-refractivity contribution < 1.29 is 18.6 Å². The minimum atomic E-state index is -0.717. The van der Waals surface area contributed by atoms with Crippen LogP contribution in [0.5, 0.6) is 17.2 Å². The van der Waals surface area contributed by atoms with E-state index in [0.29, 0.717) is 29.4 Å². The van der Waals surface area contributed by atoms with Gasteiger partial charge in [0.25, 0.3) is 0 Å². The molecule has 2 heterocycles. The van der Waals surface area contributed by atoms with Crippen molar-refractivity contribution in [2.75, 3.05) is 13.7 Å². The Morgan fingerprint density at radius 3 is 2.73 bits per heavy atom. The number of allylic oxidation sites excluding steroid dienone is 1. The van der Waals surface area contributed by atoms with Gasteiger partial charge in [0.15, 0.2) is 11.5 Å². The molecule has 7 nitrogen and oxygen atoms in total. The highest BCUT2D eigenvalue weighted by Gasteiger charge is 2.34. The number of benzene rings is 1. The highest BCUT2D eigenvalue weighted by molar-refractivity contribution is 5.57. The van der Waals surface area contributed by atoms with E-state index in [1.165, 1.54) is 7.11 Å². The van der Waals surface area contributed by atoms with E-state index < -0.39 is 11.5 Å². The zero-order valence-electron chi connectivity index (χ0n) is 14.7. The Hall–Kier alpha value is -3.40. The van der Waals surface area contributed by atoms with Crippen molar-refractivity contribution in [3.05, 3.63) is 63.0 Å². The number of nitriles is 1. The summed E-state index contributed by atoms with van der Waals surface area (Å²) < 4.78 is 21.6. The maximum Gasteiger partial charge on any atom is 0.343 e. The number of hydrogen-bond donors (Lipinski definition) is 1. The van der Waals surface area contributed by atoms with Crippen LogP contribution >= 0.6 is 0 Å². The number of nitrogens with zero attached hydrogens (tertiary/aromatic N) is 1. The Labute approximate surface area is 150 Å². The van der Waals surface area contributed by atoms with Gasteiger partial charge in [-0.2, -0.15) is 5.26 Å². The zero-order chi connectivity index (χ0) is 18.8. The first-order chi connectivity index (χ1) is 12.5. The van der Waals surface area contributed by atoms with Crippen LogP contribution in [0.1, 0.15) is 29.7 Å². The summed E-state index contributed by atoms with van der Waals surface area (Å²) in [6.45, 7) is 3.93. The number of fused-ring (bicyclic) bond motifs is 1. The first-order valence-corrected chi connectivity index (χ1v) is 8.03. The van der Waals surface area contributed by atoms with Gasteiger partial charge in [-0.1, -0.05) is 6.07 Å². The molecule has 1 aliphatic rings. The Kier molecular flexibility index (Phi) is 4.59. The lowest BCUT2D eigenvalue weighted by Gasteiger charge is -2.25. The average molecular weight is 354 g/mol. The zero-order valence-corrected chi connectivity index (χ0v) is 14.7. The van der Waals surface area contributed by atoms with Gasteiger partial charge < -0.3 is 24.4 Å². The summed E-state index contributed by atoms with van der Waals surface area (Å²) in [6, 6.07) is 8.83. The Bertz CT molecular complexity index is 984. The van der Waals surface area contributed by atoms with Gasteiger partial charge in [-0.05, 0) is 31.5 Å². The standard InChI is InChI=1S/C19H18N2O5/c1-4-24-14-8-11(5-6-13(14)23-3)16-12(9-20)18(21)26-15-7-10(2)25-19(22)17(15)16/h5-8,16H,4,21H2,1-3H3. The molecule has 1 aliphatic heterocycles. The molecule has 7 heteroatoms. The number of nitrogens with two attached hydrogens (primary N) is 1. The molecule has 0 fully saturated rings. The van der Waals surface area contributed by atoms with Crippen LogP contribution in [0.25, 0.3) is 0 Å². The summed E-state index contributed by atoms with van der Waals surface area (Å²) >= 11 is 0. The predicted octanol–water partition coefficient (Wildman–Crippen LogP) is 2.57. The minimum absolute atomic E-state index is 0.0382. The van der Waals surface area contributed by atoms with E-state index in [9.17, 15) is 10.1 Å². The molecule has 0 amide bonds. The highest BCUT2D eigenvalue weighted by atomic mass is 16.5. The van der Waals surface area contributed by atoms with Crippen molar-refractivity contribution in [3.8, 4) is 23.3 Å². The van der Waals surface area contributed by atoms with E-state index in [1.807, 2.05) is 13.0 Å². The molecule has 0 radical (unpaired) electrons. The van der Waals surface area contributed by atoms with Crippen molar-refractivity contribution >= 4 is 0 Å². The van der Waals surface area contributed by atoms with Crippen LogP contribution in [0.4, 0.5) is 0 Å². The van der Waals surface area contributed by atoms with E-state index in [1.54, 1.807) is 31.2 Å². The molecule has 2 N–H and O–H groups in total. The molecule has 1 aromatic carbocycles. The molecule has 1 aromatic heterocycles. The van der Waals surface area contributed by atoms with Gasteiger partial charge in [-0.15, -0.1) is 0 Å². The molecule has 2 aromatic rings. The van der Waals surface area contributed by atoms with Gasteiger partial charge in [0.2, 0.25) is 5.88 Å². The third-order valence-electron chi connectivity index (χ3n) is 4.08. The van der Waals surface area contributed by atoms with E-state index in [2.05, 4.69) is 0 Å². The van der Waals surface area contributed by atoms with Gasteiger partial charge in [-0.3, -0.25) is 0 Å². The number of ether oxygens (including phenoxy) is 3. The Morgan fingerprint density at radius 1 is 1.31 bits per heavy atom. The molecular weight excluding hydrogens is 336 g/mol. The quantitative estimate of drug-likeness (QED) is 0.899. The number of rotatable bonds is 4.